The summed E-state index contributed by atoms with van der Waals surface area (Å²) in [5, 5.41) is 29.0. The minimum atomic E-state index is -1.05. The summed E-state index contributed by atoms with van der Waals surface area (Å²) < 4.78 is 1.75. The summed E-state index contributed by atoms with van der Waals surface area (Å²) in [4.78, 5) is 28.8. The first-order valence-electron chi connectivity index (χ1n) is 11.5. The number of nitrogens with zero attached hydrogens (tertiary/aromatic N) is 4. The number of likely N-dealkylation sites (tertiary alicyclic amines) is 1. The predicted molar refractivity (Wildman–Crippen MR) is 128 cm³/mol. The molecule has 2 aromatic rings. The lowest BCUT2D eigenvalue weighted by atomic mass is 9.76. The molecule has 1 aromatic carbocycles. The molecule has 3 fully saturated rings. The molecule has 3 aliphatic rings. The third-order valence-corrected chi connectivity index (χ3v) is 7.58. The molecule has 10 nitrogen and oxygen atoms in total. The van der Waals surface area contributed by atoms with Crippen LogP contribution in [0.5, 0.6) is 0 Å². The van der Waals surface area contributed by atoms with Crippen molar-refractivity contribution >= 4 is 34.8 Å². The van der Waals surface area contributed by atoms with Crippen LogP contribution in [0, 0.1) is 11.8 Å². The number of nitrogens with one attached hydrogen (secondary N) is 1. The zero-order valence-electron chi connectivity index (χ0n) is 18.5. The van der Waals surface area contributed by atoms with Crippen molar-refractivity contribution in [3.8, 4) is 5.69 Å². The molecule has 11 heteroatoms. The third kappa shape index (κ3) is 3.93. The number of carbonyl (C=O) groups excluding carboxylic acids is 2. The number of carbonyl (C=O) groups is 2. The van der Waals surface area contributed by atoms with Gasteiger partial charge in [0.25, 0.3) is 0 Å². The number of aromatic nitrogens is 2. The van der Waals surface area contributed by atoms with E-state index in [4.69, 9.17) is 18.0 Å². The summed E-state index contributed by atoms with van der Waals surface area (Å²) in [5.41, 5.74) is 7.11. The minimum absolute atomic E-state index is 0.103. The van der Waals surface area contributed by atoms with Crippen molar-refractivity contribution in [2.75, 3.05) is 18.0 Å². The molecule has 2 aliphatic heterocycles. The first kappa shape index (κ1) is 22.8. The van der Waals surface area contributed by atoms with Gasteiger partial charge < -0.3 is 31.1 Å². The van der Waals surface area contributed by atoms with Crippen LogP contribution in [0.2, 0.25) is 0 Å². The van der Waals surface area contributed by atoms with E-state index in [1.807, 2.05) is 41.4 Å². The monoisotopic (exact) mass is 484 g/mol. The highest BCUT2D eigenvalue weighted by Gasteiger charge is 2.54. The fourth-order valence-corrected chi connectivity index (χ4v) is 5.80. The van der Waals surface area contributed by atoms with Crippen LogP contribution in [0.25, 0.3) is 5.69 Å². The average Bonchev–Trinajstić information content (AvgIpc) is 3.49. The summed E-state index contributed by atoms with van der Waals surface area (Å²) in [6, 6.07) is 8.45. The number of hydrogen-bond acceptors (Lipinski definition) is 6. The second-order valence-corrected chi connectivity index (χ2v) is 9.59. The molecule has 5 rings (SSSR count). The quantitative estimate of drug-likeness (QED) is 0.437. The number of thiocarbonyl (C=S) groups is 1. The van der Waals surface area contributed by atoms with Crippen molar-refractivity contribution in [3.63, 3.8) is 0 Å². The van der Waals surface area contributed by atoms with Crippen LogP contribution >= 0.6 is 12.2 Å². The number of piperidine rings is 1. The molecule has 180 valence electrons. The van der Waals surface area contributed by atoms with E-state index in [0.29, 0.717) is 31.0 Å². The minimum Gasteiger partial charge on any atom is -0.390 e. The van der Waals surface area contributed by atoms with Crippen LogP contribution in [0.15, 0.2) is 42.7 Å². The summed E-state index contributed by atoms with van der Waals surface area (Å²) in [6.45, 7) is 0.880. The molecule has 0 radical (unpaired) electrons. The SMILES string of the molecule is NC(=O)C1CCN(C(=O)[C@@H]2C[C@@H](O)[C@H](O)[C@@H]3NC(=S)N(c4ccc(-n5cccn5)cc4)[C@@H]32)CC1. The molecule has 1 saturated carbocycles. The van der Waals surface area contributed by atoms with Crippen molar-refractivity contribution in [3.05, 3.63) is 42.7 Å². The maximum absolute atomic E-state index is 13.6. The Morgan fingerprint density at radius 1 is 1.12 bits per heavy atom. The summed E-state index contributed by atoms with van der Waals surface area (Å²) in [7, 11) is 0. The number of aliphatic hydroxyl groups excluding tert-OH is 2. The lowest BCUT2D eigenvalue weighted by Crippen LogP contribution is -2.61. The molecule has 1 aliphatic carbocycles. The van der Waals surface area contributed by atoms with Gasteiger partial charge in [-0.1, -0.05) is 0 Å². The molecule has 3 heterocycles. The van der Waals surface area contributed by atoms with Crippen LogP contribution in [0.3, 0.4) is 0 Å². The van der Waals surface area contributed by atoms with E-state index < -0.39 is 30.2 Å². The smallest absolute Gasteiger partial charge is 0.227 e. The van der Waals surface area contributed by atoms with E-state index in [1.165, 1.54) is 0 Å². The fraction of sp³-hybridized carbons (Fsp3) is 0.478. The summed E-state index contributed by atoms with van der Waals surface area (Å²) >= 11 is 5.61. The van der Waals surface area contributed by atoms with Gasteiger partial charge in [0, 0.05) is 37.1 Å². The van der Waals surface area contributed by atoms with Crippen LogP contribution in [0.4, 0.5) is 5.69 Å². The van der Waals surface area contributed by atoms with Crippen molar-refractivity contribution in [1.29, 1.82) is 0 Å². The number of fused-ring (bicyclic) bond motifs is 1. The van der Waals surface area contributed by atoms with Gasteiger partial charge in [0.1, 0.15) is 6.10 Å². The van der Waals surface area contributed by atoms with Gasteiger partial charge in [0.2, 0.25) is 11.8 Å². The molecule has 34 heavy (non-hydrogen) atoms. The Labute approximate surface area is 202 Å². The highest BCUT2D eigenvalue weighted by Crippen LogP contribution is 2.38. The second-order valence-electron chi connectivity index (χ2n) is 9.20. The van der Waals surface area contributed by atoms with E-state index >= 15 is 0 Å². The number of rotatable bonds is 4. The van der Waals surface area contributed by atoms with Gasteiger partial charge >= 0.3 is 0 Å². The number of hydrogen-bond donors (Lipinski definition) is 4. The second kappa shape index (κ2) is 8.97. The van der Waals surface area contributed by atoms with E-state index in [1.54, 1.807) is 15.8 Å². The van der Waals surface area contributed by atoms with Gasteiger partial charge in [-0.05, 0) is 61.8 Å². The first-order valence-corrected chi connectivity index (χ1v) is 11.9. The number of nitrogens with two attached hydrogens (primary N) is 1. The predicted octanol–water partition coefficient (Wildman–Crippen LogP) is -0.230. The standard InChI is InChI=1S/C23H28N6O4S/c24-21(32)13-6-10-27(11-7-13)22(33)16-12-17(30)20(31)18-19(16)29(23(34)26-18)15-4-2-14(3-5-15)28-9-1-8-25-28/h1-5,8-9,13,16-20,30-31H,6-7,10-12H2,(H2,24,32)(H,26,34)/t16-,17-,18-,19-,20+/m1/s1. The number of amides is 2. The molecule has 2 amide bonds. The van der Waals surface area contributed by atoms with Gasteiger partial charge in [-0.3, -0.25) is 9.59 Å². The Bertz CT molecular complexity index is 1070. The molecule has 1 aromatic heterocycles. The van der Waals surface area contributed by atoms with Gasteiger partial charge in [-0.15, -0.1) is 0 Å². The number of anilines is 1. The van der Waals surface area contributed by atoms with Crippen molar-refractivity contribution in [1.82, 2.24) is 20.0 Å². The Morgan fingerprint density at radius 2 is 1.79 bits per heavy atom. The molecule has 5 N–H and O–H groups in total. The van der Waals surface area contributed by atoms with E-state index in [0.717, 1.165) is 11.4 Å². The van der Waals surface area contributed by atoms with Crippen LogP contribution < -0.4 is 16.0 Å². The largest absolute Gasteiger partial charge is 0.390 e. The lowest BCUT2D eigenvalue weighted by Gasteiger charge is -2.44. The van der Waals surface area contributed by atoms with Gasteiger partial charge in [-0.2, -0.15) is 5.10 Å². The average molecular weight is 485 g/mol. The molecule has 0 spiro atoms. The normalized spacial score (nSPS) is 29.6. The molecule has 0 bridgehead atoms. The third-order valence-electron chi connectivity index (χ3n) is 7.27. The van der Waals surface area contributed by atoms with Crippen molar-refractivity contribution < 1.29 is 19.8 Å². The maximum Gasteiger partial charge on any atom is 0.227 e. The lowest BCUT2D eigenvalue weighted by molar-refractivity contribution is -0.144. The zero-order valence-corrected chi connectivity index (χ0v) is 19.3. The number of primary amides is 1. The molecule has 5 atom stereocenters. The maximum atomic E-state index is 13.6. The highest BCUT2D eigenvalue weighted by molar-refractivity contribution is 7.80. The van der Waals surface area contributed by atoms with Gasteiger partial charge in [0.15, 0.2) is 5.11 Å². The van der Waals surface area contributed by atoms with E-state index in [2.05, 4.69) is 10.4 Å². The Morgan fingerprint density at radius 3 is 2.41 bits per heavy atom. The molecular weight excluding hydrogens is 456 g/mol. The van der Waals surface area contributed by atoms with E-state index in [9.17, 15) is 19.8 Å². The summed E-state index contributed by atoms with van der Waals surface area (Å²) in [5.74, 6) is -1.24. The van der Waals surface area contributed by atoms with E-state index in [-0.39, 0.29) is 24.2 Å². The Hall–Kier alpha value is -3.02. The first-order chi connectivity index (χ1) is 16.3. The van der Waals surface area contributed by atoms with Gasteiger partial charge in [0.05, 0.1) is 29.8 Å². The Balaban J connectivity index is 1.42. The Kier molecular flexibility index (Phi) is 6.00. The van der Waals surface area contributed by atoms with Crippen molar-refractivity contribution in [2.24, 2.45) is 17.6 Å². The number of aliphatic hydroxyl groups is 2. The topological polar surface area (TPSA) is 137 Å². The molecule has 2 saturated heterocycles. The van der Waals surface area contributed by atoms with Crippen LogP contribution in [-0.4, -0.2) is 79.2 Å². The van der Waals surface area contributed by atoms with Crippen molar-refractivity contribution in [2.45, 2.75) is 43.6 Å². The van der Waals surface area contributed by atoms with Crippen LogP contribution in [0.1, 0.15) is 19.3 Å². The fourth-order valence-electron chi connectivity index (χ4n) is 5.43. The van der Waals surface area contributed by atoms with Crippen LogP contribution in [-0.2, 0) is 9.59 Å². The highest BCUT2D eigenvalue weighted by atomic mass is 32.1. The summed E-state index contributed by atoms with van der Waals surface area (Å²) in [6.07, 6.45) is 2.64. The molecule has 0 unspecified atom stereocenters. The zero-order chi connectivity index (χ0) is 24.0. The molecular formula is C23H28N6O4S. The number of benzene rings is 1. The van der Waals surface area contributed by atoms with Gasteiger partial charge in [-0.25, -0.2) is 4.68 Å².